The molecule has 1 fully saturated rings. The molecule has 1 saturated heterocycles. The zero-order valence-electron chi connectivity index (χ0n) is 8.29. The van der Waals surface area contributed by atoms with Gasteiger partial charge in [0.25, 0.3) is 0 Å². The molecular weight excluding hydrogens is 160 g/mol. The van der Waals surface area contributed by atoms with Crippen LogP contribution >= 0.6 is 0 Å². The van der Waals surface area contributed by atoms with Gasteiger partial charge in [-0.15, -0.1) is 0 Å². The van der Waals surface area contributed by atoms with Crippen molar-refractivity contribution in [1.82, 2.24) is 0 Å². The van der Waals surface area contributed by atoms with Gasteiger partial charge in [-0.05, 0) is 17.0 Å². The predicted octanol–water partition coefficient (Wildman–Crippen LogP) is 2.92. The highest BCUT2D eigenvalue weighted by Gasteiger charge is 2.19. The van der Waals surface area contributed by atoms with Crippen molar-refractivity contribution in [2.45, 2.75) is 25.7 Å². The fraction of sp³-hybridized carbons (Fsp3) is 0.500. The lowest BCUT2D eigenvalue weighted by molar-refractivity contribution is 0.00841. The van der Waals surface area contributed by atoms with E-state index in [0.29, 0.717) is 11.8 Å². The van der Waals surface area contributed by atoms with Crippen LogP contribution in [0.5, 0.6) is 0 Å². The Kier molecular flexibility index (Phi) is 2.36. The molecule has 70 valence electrons. The molecule has 2 rings (SSSR count). The smallest absolute Gasteiger partial charge is 0.0557 e. The molecule has 1 heteroatoms. The lowest BCUT2D eigenvalue weighted by atomic mass is 9.94. The minimum absolute atomic E-state index is 0.631. The van der Waals surface area contributed by atoms with Crippen molar-refractivity contribution in [2.24, 2.45) is 0 Å². The Morgan fingerprint density at radius 1 is 1.15 bits per heavy atom. The van der Waals surface area contributed by atoms with Gasteiger partial charge in [-0.25, -0.2) is 0 Å². The fourth-order valence-corrected chi connectivity index (χ4v) is 1.58. The number of benzene rings is 1. The summed E-state index contributed by atoms with van der Waals surface area (Å²) in [6.45, 7) is 6.25. The molecule has 0 N–H and O–H groups in total. The molecule has 1 heterocycles. The summed E-state index contributed by atoms with van der Waals surface area (Å²) in [7, 11) is 0. The second kappa shape index (κ2) is 3.51. The number of hydrogen-bond acceptors (Lipinski definition) is 1. The maximum absolute atomic E-state index is 5.17. The van der Waals surface area contributed by atoms with E-state index in [0.717, 1.165) is 13.2 Å². The summed E-state index contributed by atoms with van der Waals surface area (Å²) < 4.78 is 5.17. The summed E-state index contributed by atoms with van der Waals surface area (Å²) in [4.78, 5) is 0. The Hall–Kier alpha value is -0.820. The van der Waals surface area contributed by atoms with Crippen molar-refractivity contribution in [3.63, 3.8) is 0 Å². The van der Waals surface area contributed by atoms with Gasteiger partial charge in [0.2, 0.25) is 0 Å². The summed E-state index contributed by atoms with van der Waals surface area (Å²) >= 11 is 0. The van der Waals surface area contributed by atoms with Crippen LogP contribution in [-0.2, 0) is 4.74 Å². The standard InChI is InChI=1S/C12H16O/c1-9(2)10-3-5-11(6-4-10)12-7-13-8-12/h3-6,9,12H,7-8H2,1-2H3. The summed E-state index contributed by atoms with van der Waals surface area (Å²) in [6.07, 6.45) is 0. The molecule has 1 aromatic carbocycles. The van der Waals surface area contributed by atoms with E-state index in [9.17, 15) is 0 Å². The minimum atomic E-state index is 0.631. The molecule has 0 aliphatic carbocycles. The molecule has 0 radical (unpaired) electrons. The van der Waals surface area contributed by atoms with Crippen LogP contribution in [0.2, 0.25) is 0 Å². The molecule has 1 aliphatic heterocycles. The molecule has 1 nitrogen and oxygen atoms in total. The molecule has 0 unspecified atom stereocenters. The van der Waals surface area contributed by atoms with E-state index in [1.54, 1.807) is 0 Å². The molecule has 0 spiro atoms. The Morgan fingerprint density at radius 3 is 2.15 bits per heavy atom. The Labute approximate surface area is 79.7 Å². The van der Waals surface area contributed by atoms with Crippen LogP contribution in [0.1, 0.15) is 36.8 Å². The van der Waals surface area contributed by atoms with E-state index in [4.69, 9.17) is 4.74 Å². The second-order valence-corrected chi connectivity index (χ2v) is 4.06. The summed E-state index contributed by atoms with van der Waals surface area (Å²) in [5, 5.41) is 0. The first-order valence-corrected chi connectivity index (χ1v) is 4.95. The monoisotopic (exact) mass is 176 g/mol. The molecule has 13 heavy (non-hydrogen) atoms. The maximum atomic E-state index is 5.17. The van der Waals surface area contributed by atoms with Crippen LogP contribution in [0.25, 0.3) is 0 Å². The first-order valence-electron chi connectivity index (χ1n) is 4.95. The van der Waals surface area contributed by atoms with Crippen LogP contribution in [0.3, 0.4) is 0 Å². The zero-order valence-corrected chi connectivity index (χ0v) is 8.29. The van der Waals surface area contributed by atoms with Crippen molar-refractivity contribution in [3.05, 3.63) is 35.4 Å². The highest BCUT2D eigenvalue weighted by Crippen LogP contribution is 2.25. The number of hydrogen-bond donors (Lipinski definition) is 0. The SMILES string of the molecule is CC(C)c1ccc(C2COC2)cc1. The van der Waals surface area contributed by atoms with E-state index in [1.807, 2.05) is 0 Å². The van der Waals surface area contributed by atoms with Gasteiger partial charge in [-0.2, -0.15) is 0 Å². The Morgan fingerprint density at radius 2 is 1.77 bits per heavy atom. The molecule has 1 aromatic rings. The van der Waals surface area contributed by atoms with Crippen molar-refractivity contribution >= 4 is 0 Å². The molecule has 0 amide bonds. The van der Waals surface area contributed by atoms with Crippen LogP contribution in [0, 0.1) is 0 Å². The second-order valence-electron chi connectivity index (χ2n) is 4.06. The molecule has 0 aromatic heterocycles. The summed E-state index contributed by atoms with van der Waals surface area (Å²) in [6, 6.07) is 8.95. The number of ether oxygens (including phenoxy) is 1. The van der Waals surface area contributed by atoms with Gasteiger partial charge in [0, 0.05) is 5.92 Å². The Balaban J connectivity index is 2.13. The van der Waals surface area contributed by atoms with Crippen LogP contribution < -0.4 is 0 Å². The molecule has 0 bridgehead atoms. The van der Waals surface area contributed by atoms with Crippen molar-refractivity contribution < 1.29 is 4.74 Å². The molecule has 1 aliphatic rings. The highest BCUT2D eigenvalue weighted by molar-refractivity contribution is 5.28. The lowest BCUT2D eigenvalue weighted by Crippen LogP contribution is -2.24. The average Bonchev–Trinajstić information content (AvgIpc) is 2.02. The normalized spacial score (nSPS) is 17.5. The minimum Gasteiger partial charge on any atom is -0.380 e. The third-order valence-corrected chi connectivity index (χ3v) is 2.71. The van der Waals surface area contributed by atoms with E-state index in [2.05, 4.69) is 38.1 Å². The summed E-state index contributed by atoms with van der Waals surface area (Å²) in [5.74, 6) is 1.29. The van der Waals surface area contributed by atoms with Crippen molar-refractivity contribution in [2.75, 3.05) is 13.2 Å². The topological polar surface area (TPSA) is 9.23 Å². The first kappa shape index (κ1) is 8.76. The summed E-state index contributed by atoms with van der Waals surface area (Å²) in [5.41, 5.74) is 2.85. The first-order chi connectivity index (χ1) is 6.27. The molecule has 0 saturated carbocycles. The van der Waals surface area contributed by atoms with Gasteiger partial charge in [0.1, 0.15) is 0 Å². The van der Waals surface area contributed by atoms with E-state index in [-0.39, 0.29) is 0 Å². The van der Waals surface area contributed by atoms with Crippen LogP contribution in [0.15, 0.2) is 24.3 Å². The highest BCUT2D eigenvalue weighted by atomic mass is 16.5. The quantitative estimate of drug-likeness (QED) is 0.673. The van der Waals surface area contributed by atoms with Gasteiger partial charge < -0.3 is 4.74 Å². The van der Waals surface area contributed by atoms with Gasteiger partial charge in [0.15, 0.2) is 0 Å². The van der Waals surface area contributed by atoms with Crippen molar-refractivity contribution in [3.8, 4) is 0 Å². The van der Waals surface area contributed by atoms with Crippen LogP contribution in [0.4, 0.5) is 0 Å². The number of rotatable bonds is 2. The zero-order chi connectivity index (χ0) is 9.26. The molecular formula is C12H16O. The van der Waals surface area contributed by atoms with Gasteiger partial charge >= 0.3 is 0 Å². The third kappa shape index (κ3) is 1.75. The van der Waals surface area contributed by atoms with Gasteiger partial charge in [-0.1, -0.05) is 38.1 Å². The fourth-order valence-electron chi connectivity index (χ4n) is 1.58. The largest absolute Gasteiger partial charge is 0.380 e. The molecule has 0 atom stereocenters. The third-order valence-electron chi connectivity index (χ3n) is 2.71. The Bertz CT molecular complexity index is 270. The van der Waals surface area contributed by atoms with Crippen molar-refractivity contribution in [1.29, 1.82) is 0 Å². The average molecular weight is 176 g/mol. The van der Waals surface area contributed by atoms with Gasteiger partial charge in [-0.3, -0.25) is 0 Å². The van der Waals surface area contributed by atoms with Gasteiger partial charge in [0.05, 0.1) is 13.2 Å². The lowest BCUT2D eigenvalue weighted by Gasteiger charge is -2.26. The van der Waals surface area contributed by atoms with E-state index in [1.165, 1.54) is 11.1 Å². The van der Waals surface area contributed by atoms with Crippen LogP contribution in [-0.4, -0.2) is 13.2 Å². The maximum Gasteiger partial charge on any atom is 0.0557 e. The van der Waals surface area contributed by atoms with E-state index < -0.39 is 0 Å². The predicted molar refractivity (Wildman–Crippen MR) is 54.1 cm³/mol. The van der Waals surface area contributed by atoms with E-state index >= 15 is 0 Å².